The van der Waals surface area contributed by atoms with E-state index in [9.17, 15) is 4.79 Å². The topological polar surface area (TPSA) is 75.4 Å². The van der Waals surface area contributed by atoms with Gasteiger partial charge in [-0.1, -0.05) is 12.1 Å². The van der Waals surface area contributed by atoms with Gasteiger partial charge in [-0.25, -0.2) is 0 Å². The van der Waals surface area contributed by atoms with Gasteiger partial charge >= 0.3 is 0 Å². The number of amides is 1. The fourth-order valence-corrected chi connectivity index (χ4v) is 1.36. The van der Waals surface area contributed by atoms with Gasteiger partial charge in [0.2, 0.25) is 5.91 Å². The van der Waals surface area contributed by atoms with Crippen molar-refractivity contribution in [1.82, 2.24) is 0 Å². The van der Waals surface area contributed by atoms with E-state index in [-0.39, 0.29) is 18.4 Å². The van der Waals surface area contributed by atoms with Crippen LogP contribution < -0.4 is 11.1 Å². The molecule has 1 amide bonds. The van der Waals surface area contributed by atoms with Gasteiger partial charge in [0.05, 0.1) is 6.61 Å². The average Bonchev–Trinajstić information content (AvgIpc) is 2.21. The molecule has 0 aliphatic heterocycles. The Balaban J connectivity index is 2.75. The Kier molecular flexibility index (Phi) is 4.27. The first-order chi connectivity index (χ1) is 7.17. The summed E-state index contributed by atoms with van der Waals surface area (Å²) in [5, 5.41) is 11.7. The van der Waals surface area contributed by atoms with Crippen molar-refractivity contribution in [3.63, 3.8) is 0 Å². The molecule has 4 nitrogen and oxygen atoms in total. The maximum absolute atomic E-state index is 10.8. The number of anilines is 1. The lowest BCUT2D eigenvalue weighted by Gasteiger charge is -2.12. The number of benzene rings is 1. The molecule has 1 unspecified atom stereocenters. The third-order valence-corrected chi connectivity index (χ3v) is 2.21. The van der Waals surface area contributed by atoms with Gasteiger partial charge in [-0.2, -0.15) is 0 Å². The van der Waals surface area contributed by atoms with Crippen molar-refractivity contribution in [1.29, 1.82) is 0 Å². The van der Waals surface area contributed by atoms with Gasteiger partial charge in [-0.15, -0.1) is 0 Å². The fourth-order valence-electron chi connectivity index (χ4n) is 1.36. The molecule has 1 aromatic carbocycles. The molecule has 0 aliphatic rings. The van der Waals surface area contributed by atoms with Gasteiger partial charge in [0.25, 0.3) is 0 Å². The number of rotatable bonds is 4. The number of nitrogens with one attached hydrogen (secondary N) is 1. The molecule has 4 heteroatoms. The van der Waals surface area contributed by atoms with Crippen molar-refractivity contribution in [2.24, 2.45) is 5.73 Å². The summed E-state index contributed by atoms with van der Waals surface area (Å²) < 4.78 is 0. The Bertz CT molecular complexity index is 318. The zero-order valence-corrected chi connectivity index (χ0v) is 8.73. The lowest BCUT2D eigenvalue weighted by atomic mass is 10.00. The van der Waals surface area contributed by atoms with Crippen molar-refractivity contribution in [2.45, 2.75) is 12.8 Å². The van der Waals surface area contributed by atoms with E-state index in [0.717, 1.165) is 11.3 Å². The zero-order chi connectivity index (χ0) is 11.3. The van der Waals surface area contributed by atoms with Crippen molar-refractivity contribution in [3.05, 3.63) is 29.8 Å². The minimum atomic E-state index is -0.0970. The molecule has 0 saturated carbocycles. The molecular weight excluding hydrogens is 192 g/mol. The third-order valence-electron chi connectivity index (χ3n) is 2.21. The van der Waals surface area contributed by atoms with Gasteiger partial charge in [-0.3, -0.25) is 4.79 Å². The Labute approximate surface area is 89.1 Å². The van der Waals surface area contributed by atoms with Crippen molar-refractivity contribution in [2.75, 3.05) is 18.5 Å². The highest BCUT2D eigenvalue weighted by Crippen LogP contribution is 2.17. The number of carbonyl (C=O) groups is 1. The lowest BCUT2D eigenvalue weighted by Crippen LogP contribution is -2.16. The Morgan fingerprint density at radius 1 is 1.47 bits per heavy atom. The molecule has 0 aliphatic carbocycles. The first-order valence-electron chi connectivity index (χ1n) is 4.86. The molecule has 0 bridgehead atoms. The molecule has 0 heterocycles. The van der Waals surface area contributed by atoms with Crippen LogP contribution in [0, 0.1) is 0 Å². The number of hydrogen-bond donors (Lipinski definition) is 3. The number of nitrogens with two attached hydrogens (primary N) is 1. The molecular formula is C11H16N2O2. The summed E-state index contributed by atoms with van der Waals surface area (Å²) in [6.45, 7) is 1.91. The van der Waals surface area contributed by atoms with Gasteiger partial charge in [0.15, 0.2) is 0 Å². The van der Waals surface area contributed by atoms with Crippen LogP contribution in [0.5, 0.6) is 0 Å². The molecule has 0 aromatic heterocycles. The van der Waals surface area contributed by atoms with Gasteiger partial charge in [0.1, 0.15) is 0 Å². The largest absolute Gasteiger partial charge is 0.396 e. The van der Waals surface area contributed by atoms with Crippen LogP contribution in [0.4, 0.5) is 5.69 Å². The van der Waals surface area contributed by atoms with E-state index in [1.807, 2.05) is 12.1 Å². The highest BCUT2D eigenvalue weighted by atomic mass is 16.3. The lowest BCUT2D eigenvalue weighted by molar-refractivity contribution is -0.114. The van der Waals surface area contributed by atoms with E-state index in [0.29, 0.717) is 6.54 Å². The van der Waals surface area contributed by atoms with Crippen LogP contribution in [-0.2, 0) is 4.79 Å². The minimum absolute atomic E-state index is 0.0311. The van der Waals surface area contributed by atoms with Crippen molar-refractivity contribution in [3.8, 4) is 0 Å². The van der Waals surface area contributed by atoms with Crippen LogP contribution in [0.1, 0.15) is 18.4 Å². The molecule has 0 spiro atoms. The monoisotopic (exact) mass is 208 g/mol. The van der Waals surface area contributed by atoms with Gasteiger partial charge in [-0.05, 0) is 17.7 Å². The fraction of sp³-hybridized carbons (Fsp3) is 0.364. The average molecular weight is 208 g/mol. The molecule has 1 aromatic rings. The van der Waals surface area contributed by atoms with Crippen molar-refractivity contribution >= 4 is 11.6 Å². The summed E-state index contributed by atoms with van der Waals surface area (Å²) in [5.41, 5.74) is 7.23. The number of carbonyl (C=O) groups excluding carboxylic acids is 1. The molecule has 15 heavy (non-hydrogen) atoms. The summed E-state index contributed by atoms with van der Waals surface area (Å²) in [7, 11) is 0. The van der Waals surface area contributed by atoms with E-state index in [2.05, 4.69) is 5.32 Å². The van der Waals surface area contributed by atoms with Gasteiger partial charge < -0.3 is 16.2 Å². The summed E-state index contributed by atoms with van der Waals surface area (Å²) in [6, 6.07) is 7.32. The Hall–Kier alpha value is -1.39. The van der Waals surface area contributed by atoms with Crippen molar-refractivity contribution < 1.29 is 9.90 Å². The van der Waals surface area contributed by atoms with E-state index >= 15 is 0 Å². The molecule has 1 rings (SSSR count). The van der Waals surface area contributed by atoms with Crippen LogP contribution in [0.3, 0.4) is 0 Å². The Morgan fingerprint density at radius 3 is 2.47 bits per heavy atom. The number of aliphatic hydroxyl groups is 1. The SMILES string of the molecule is CC(=O)Nc1ccc(C(CN)CO)cc1. The second-order valence-electron chi connectivity index (χ2n) is 3.42. The van der Waals surface area contributed by atoms with Crippen LogP contribution in [-0.4, -0.2) is 24.2 Å². The summed E-state index contributed by atoms with van der Waals surface area (Å²) in [6.07, 6.45) is 0. The van der Waals surface area contributed by atoms with E-state index in [4.69, 9.17) is 10.8 Å². The molecule has 1 atom stereocenters. The first-order valence-corrected chi connectivity index (χ1v) is 4.86. The molecule has 4 N–H and O–H groups in total. The van der Waals surface area contributed by atoms with Crippen LogP contribution in [0.15, 0.2) is 24.3 Å². The Morgan fingerprint density at radius 2 is 2.07 bits per heavy atom. The first kappa shape index (κ1) is 11.7. The van der Waals surface area contributed by atoms with Crippen LogP contribution >= 0.6 is 0 Å². The maximum Gasteiger partial charge on any atom is 0.221 e. The predicted molar refractivity (Wildman–Crippen MR) is 59.6 cm³/mol. The smallest absolute Gasteiger partial charge is 0.221 e. The molecule has 0 radical (unpaired) electrons. The molecule has 82 valence electrons. The summed E-state index contributed by atoms with van der Waals surface area (Å²) in [5.74, 6) is -0.128. The minimum Gasteiger partial charge on any atom is -0.396 e. The zero-order valence-electron chi connectivity index (χ0n) is 8.73. The van der Waals surface area contributed by atoms with Gasteiger partial charge in [0, 0.05) is 25.1 Å². The van der Waals surface area contributed by atoms with E-state index in [1.54, 1.807) is 12.1 Å². The van der Waals surface area contributed by atoms with E-state index < -0.39 is 0 Å². The second kappa shape index (κ2) is 5.48. The highest BCUT2D eigenvalue weighted by Gasteiger charge is 2.07. The van der Waals surface area contributed by atoms with Crippen LogP contribution in [0.2, 0.25) is 0 Å². The standard InChI is InChI=1S/C11H16N2O2/c1-8(15)13-11-4-2-9(3-5-11)10(6-12)7-14/h2-5,10,14H,6-7,12H2,1H3,(H,13,15). The normalized spacial score (nSPS) is 12.2. The molecule has 0 saturated heterocycles. The number of hydrogen-bond acceptors (Lipinski definition) is 3. The third kappa shape index (κ3) is 3.34. The summed E-state index contributed by atoms with van der Waals surface area (Å²) in [4.78, 5) is 10.8. The highest BCUT2D eigenvalue weighted by molar-refractivity contribution is 5.88. The predicted octanol–water partition coefficient (Wildman–Crippen LogP) is 0.680. The van der Waals surface area contributed by atoms with Crippen LogP contribution in [0.25, 0.3) is 0 Å². The quantitative estimate of drug-likeness (QED) is 0.681. The summed E-state index contributed by atoms with van der Waals surface area (Å²) >= 11 is 0. The maximum atomic E-state index is 10.8. The van der Waals surface area contributed by atoms with E-state index in [1.165, 1.54) is 6.92 Å². The number of aliphatic hydroxyl groups excluding tert-OH is 1. The molecule has 0 fully saturated rings. The second-order valence-corrected chi connectivity index (χ2v) is 3.42.